The lowest BCUT2D eigenvalue weighted by Gasteiger charge is -2.26. The molecule has 2 atom stereocenters. The van der Waals surface area contributed by atoms with Gasteiger partial charge in [0.2, 0.25) is 0 Å². The molecular weight excluding hydrogens is 240 g/mol. The van der Waals surface area contributed by atoms with Gasteiger partial charge in [0.15, 0.2) is 5.79 Å². The largest absolute Gasteiger partial charge is 0.460 e. The highest BCUT2D eigenvalue weighted by atomic mass is 16.7. The fraction of sp³-hybridized carbons (Fsp3) is 0.750. The van der Waals surface area contributed by atoms with Crippen molar-refractivity contribution < 1.29 is 28.8 Å². The van der Waals surface area contributed by atoms with E-state index in [-0.39, 0.29) is 19.3 Å². The first-order valence-electron chi connectivity index (χ1n) is 5.80. The SMILES string of the molecule is C=CC(=O)OCC(O)COC(C)(C)OCC1CO1. The molecular formula is C12H20O6. The third-order valence-corrected chi connectivity index (χ3v) is 2.23. The summed E-state index contributed by atoms with van der Waals surface area (Å²) >= 11 is 0. The second-order valence-electron chi connectivity index (χ2n) is 4.47. The smallest absolute Gasteiger partial charge is 0.330 e. The molecule has 1 fully saturated rings. The van der Waals surface area contributed by atoms with Crippen LogP contribution in [-0.4, -0.2) is 55.5 Å². The first kappa shape index (κ1) is 15.1. The molecule has 2 unspecified atom stereocenters. The molecule has 0 bridgehead atoms. The van der Waals surface area contributed by atoms with Crippen molar-refractivity contribution in [1.29, 1.82) is 0 Å². The molecule has 104 valence electrons. The lowest BCUT2D eigenvalue weighted by molar-refractivity contribution is -0.227. The van der Waals surface area contributed by atoms with Crippen LogP contribution in [0.25, 0.3) is 0 Å². The maximum Gasteiger partial charge on any atom is 0.330 e. The van der Waals surface area contributed by atoms with E-state index in [2.05, 4.69) is 11.3 Å². The highest BCUT2D eigenvalue weighted by molar-refractivity contribution is 5.81. The zero-order valence-electron chi connectivity index (χ0n) is 10.8. The third kappa shape index (κ3) is 6.70. The molecule has 6 heteroatoms. The molecule has 0 spiro atoms. The van der Waals surface area contributed by atoms with Gasteiger partial charge in [-0.2, -0.15) is 0 Å². The molecule has 0 amide bonds. The van der Waals surface area contributed by atoms with Crippen LogP contribution >= 0.6 is 0 Å². The Morgan fingerprint density at radius 3 is 2.78 bits per heavy atom. The molecule has 0 radical (unpaired) electrons. The molecule has 1 rings (SSSR count). The number of hydrogen-bond donors (Lipinski definition) is 1. The van der Waals surface area contributed by atoms with E-state index < -0.39 is 17.9 Å². The number of esters is 1. The van der Waals surface area contributed by atoms with Crippen LogP contribution < -0.4 is 0 Å². The Labute approximate surface area is 106 Å². The summed E-state index contributed by atoms with van der Waals surface area (Å²) in [7, 11) is 0. The Morgan fingerprint density at radius 2 is 2.22 bits per heavy atom. The highest BCUT2D eigenvalue weighted by Gasteiger charge is 2.28. The number of epoxide rings is 1. The van der Waals surface area contributed by atoms with Gasteiger partial charge in [0, 0.05) is 6.08 Å². The topological polar surface area (TPSA) is 77.5 Å². The molecule has 1 saturated heterocycles. The van der Waals surface area contributed by atoms with Crippen LogP contribution in [0.3, 0.4) is 0 Å². The van der Waals surface area contributed by atoms with Gasteiger partial charge < -0.3 is 24.1 Å². The normalized spacial score (nSPS) is 20.3. The average Bonchev–Trinajstić information content (AvgIpc) is 3.15. The number of ether oxygens (including phenoxy) is 4. The molecule has 0 aromatic carbocycles. The summed E-state index contributed by atoms with van der Waals surface area (Å²) in [4.78, 5) is 10.8. The van der Waals surface area contributed by atoms with E-state index in [1.807, 2.05) is 0 Å². The summed E-state index contributed by atoms with van der Waals surface area (Å²) in [5.41, 5.74) is 0. The summed E-state index contributed by atoms with van der Waals surface area (Å²) in [6.07, 6.45) is 0.302. The molecule has 0 aromatic heterocycles. The molecule has 1 aliphatic rings. The second kappa shape index (κ2) is 6.84. The van der Waals surface area contributed by atoms with Gasteiger partial charge in [-0.05, 0) is 13.8 Å². The van der Waals surface area contributed by atoms with Gasteiger partial charge in [0.05, 0.1) is 19.8 Å². The predicted molar refractivity (Wildman–Crippen MR) is 62.9 cm³/mol. The number of carbonyl (C=O) groups is 1. The minimum absolute atomic E-state index is 0.0168. The van der Waals surface area contributed by atoms with Crippen molar-refractivity contribution in [2.45, 2.75) is 31.8 Å². The van der Waals surface area contributed by atoms with Crippen LogP contribution in [0.2, 0.25) is 0 Å². The minimum Gasteiger partial charge on any atom is -0.460 e. The predicted octanol–water partition coefficient (Wildman–Crippen LogP) is 0.245. The quantitative estimate of drug-likeness (QED) is 0.277. The van der Waals surface area contributed by atoms with E-state index in [0.717, 1.165) is 12.7 Å². The third-order valence-electron chi connectivity index (χ3n) is 2.23. The van der Waals surface area contributed by atoms with Crippen LogP contribution in [0, 0.1) is 0 Å². The lowest BCUT2D eigenvalue weighted by atomic mass is 10.3. The zero-order valence-corrected chi connectivity index (χ0v) is 10.8. The number of rotatable bonds is 9. The fourth-order valence-corrected chi connectivity index (χ4v) is 1.08. The van der Waals surface area contributed by atoms with Gasteiger partial charge in [-0.3, -0.25) is 0 Å². The summed E-state index contributed by atoms with van der Waals surface area (Å²) in [5, 5.41) is 9.53. The molecule has 0 saturated carbocycles. The van der Waals surface area contributed by atoms with E-state index in [1.165, 1.54) is 0 Å². The summed E-state index contributed by atoms with van der Waals surface area (Å²) < 4.78 is 20.5. The van der Waals surface area contributed by atoms with Crippen LogP contribution in [0.15, 0.2) is 12.7 Å². The summed E-state index contributed by atoms with van der Waals surface area (Å²) in [5.74, 6) is -1.38. The molecule has 0 aromatic rings. The van der Waals surface area contributed by atoms with E-state index in [0.29, 0.717) is 6.61 Å². The van der Waals surface area contributed by atoms with Crippen molar-refractivity contribution in [3.05, 3.63) is 12.7 Å². The molecule has 1 N–H and O–H groups in total. The number of aliphatic hydroxyl groups is 1. The van der Waals surface area contributed by atoms with E-state index in [1.54, 1.807) is 13.8 Å². The minimum atomic E-state index is -0.894. The number of aliphatic hydroxyl groups excluding tert-OH is 1. The van der Waals surface area contributed by atoms with Crippen molar-refractivity contribution in [3.63, 3.8) is 0 Å². The standard InChI is InChI=1S/C12H20O6/c1-4-11(14)16-5-9(13)6-17-12(2,3)18-8-10-7-15-10/h4,9-10,13H,1,5-8H2,2-3H3. The average molecular weight is 260 g/mol. The Kier molecular flexibility index (Phi) is 5.74. The Morgan fingerprint density at radius 1 is 1.56 bits per heavy atom. The van der Waals surface area contributed by atoms with Crippen molar-refractivity contribution in [3.8, 4) is 0 Å². The second-order valence-corrected chi connectivity index (χ2v) is 4.47. The maximum atomic E-state index is 10.8. The van der Waals surface area contributed by atoms with Crippen LogP contribution in [0.4, 0.5) is 0 Å². The number of carbonyl (C=O) groups excluding carboxylic acids is 1. The Hall–Kier alpha value is -0.950. The van der Waals surface area contributed by atoms with Crippen molar-refractivity contribution in [1.82, 2.24) is 0 Å². The monoisotopic (exact) mass is 260 g/mol. The van der Waals surface area contributed by atoms with Crippen LogP contribution in [0.5, 0.6) is 0 Å². The van der Waals surface area contributed by atoms with E-state index in [4.69, 9.17) is 14.2 Å². The van der Waals surface area contributed by atoms with Gasteiger partial charge in [0.1, 0.15) is 18.8 Å². The van der Waals surface area contributed by atoms with E-state index in [9.17, 15) is 9.90 Å². The van der Waals surface area contributed by atoms with E-state index >= 15 is 0 Å². The molecule has 0 aliphatic carbocycles. The molecule has 1 aliphatic heterocycles. The molecule has 18 heavy (non-hydrogen) atoms. The van der Waals surface area contributed by atoms with Crippen LogP contribution in [0.1, 0.15) is 13.8 Å². The Balaban J connectivity index is 2.12. The molecule has 6 nitrogen and oxygen atoms in total. The van der Waals surface area contributed by atoms with Crippen molar-refractivity contribution >= 4 is 5.97 Å². The van der Waals surface area contributed by atoms with Gasteiger partial charge >= 0.3 is 5.97 Å². The van der Waals surface area contributed by atoms with Crippen molar-refractivity contribution in [2.75, 3.05) is 26.4 Å². The summed E-state index contributed by atoms with van der Waals surface area (Å²) in [6.45, 7) is 7.82. The summed E-state index contributed by atoms with van der Waals surface area (Å²) in [6, 6.07) is 0. The Bertz CT molecular complexity index is 284. The maximum absolute atomic E-state index is 10.8. The van der Waals surface area contributed by atoms with Gasteiger partial charge in [-0.25, -0.2) is 4.79 Å². The number of hydrogen-bond acceptors (Lipinski definition) is 6. The molecule has 1 heterocycles. The van der Waals surface area contributed by atoms with Crippen molar-refractivity contribution in [2.24, 2.45) is 0 Å². The first-order chi connectivity index (χ1) is 8.43. The zero-order chi connectivity index (χ0) is 13.6. The first-order valence-corrected chi connectivity index (χ1v) is 5.80. The lowest BCUT2D eigenvalue weighted by Crippen LogP contribution is -2.35. The van der Waals surface area contributed by atoms with Crippen LogP contribution in [-0.2, 0) is 23.7 Å². The van der Waals surface area contributed by atoms with Gasteiger partial charge in [-0.1, -0.05) is 6.58 Å². The fourth-order valence-electron chi connectivity index (χ4n) is 1.08. The highest BCUT2D eigenvalue weighted by Crippen LogP contribution is 2.16. The van der Waals surface area contributed by atoms with Gasteiger partial charge in [0.25, 0.3) is 0 Å². The van der Waals surface area contributed by atoms with Gasteiger partial charge in [-0.15, -0.1) is 0 Å².